The average Bonchev–Trinajstić information content (AvgIpc) is 3.25. The van der Waals surface area contributed by atoms with E-state index in [1.165, 1.54) is 28.8 Å². The topological polar surface area (TPSA) is 138 Å². The van der Waals surface area contributed by atoms with Crippen LogP contribution in [0.25, 0.3) is 17.0 Å². The van der Waals surface area contributed by atoms with E-state index in [0.717, 1.165) is 22.9 Å². The fourth-order valence-electron chi connectivity index (χ4n) is 4.66. The van der Waals surface area contributed by atoms with Crippen molar-refractivity contribution >= 4 is 34.4 Å². The van der Waals surface area contributed by atoms with Gasteiger partial charge in [0.25, 0.3) is 5.95 Å². The number of halogens is 2. The first-order valence-electron chi connectivity index (χ1n) is 12.3. The van der Waals surface area contributed by atoms with Gasteiger partial charge in [-0.15, -0.1) is 0 Å². The van der Waals surface area contributed by atoms with Gasteiger partial charge in [0.2, 0.25) is 0 Å². The van der Waals surface area contributed by atoms with Crippen LogP contribution in [-0.4, -0.2) is 37.9 Å². The normalized spacial score (nSPS) is 11.1. The van der Waals surface area contributed by atoms with E-state index in [1.807, 2.05) is 32.0 Å². The van der Waals surface area contributed by atoms with Crippen LogP contribution in [0.15, 0.2) is 54.7 Å². The Morgan fingerprint density at radius 3 is 2.35 bits per heavy atom. The zero-order valence-electron chi connectivity index (χ0n) is 22.0. The number of rotatable bonds is 6. The highest BCUT2D eigenvalue weighted by Crippen LogP contribution is 2.32. The Bertz CT molecular complexity index is 1710. The van der Waals surface area contributed by atoms with E-state index < -0.39 is 17.7 Å². The molecule has 0 fully saturated rings. The molecule has 5 aromatic rings. The molecule has 0 bridgehead atoms. The predicted molar refractivity (Wildman–Crippen MR) is 147 cm³/mol. The number of amides is 1. The minimum absolute atomic E-state index is 0.0575. The lowest BCUT2D eigenvalue weighted by Gasteiger charge is -2.24. The summed E-state index contributed by atoms with van der Waals surface area (Å²) in [6.07, 6.45) is 0.425. The molecule has 0 aliphatic carbocycles. The van der Waals surface area contributed by atoms with E-state index in [2.05, 4.69) is 20.1 Å². The zero-order valence-corrected chi connectivity index (χ0v) is 22.0. The molecule has 2 aromatic carbocycles. The maximum Gasteiger partial charge on any atom is 0.414 e. The predicted octanol–water partition coefficient (Wildman–Crippen LogP) is 4.63. The Morgan fingerprint density at radius 2 is 1.70 bits per heavy atom. The van der Waals surface area contributed by atoms with E-state index in [4.69, 9.17) is 16.2 Å². The fraction of sp³-hybridized carbons (Fsp3) is 0.179. The molecular weight excluding hydrogens is 518 g/mol. The number of nitrogens with two attached hydrogens (primary N) is 2. The molecule has 0 aliphatic heterocycles. The SMILES string of the molecule is COC(=O)N(Cc1cc(C)cc(C)c1)c1c(N)nc(-n2nc(Cc3ccccc3F)c3ncc(F)cc32)nc1N. The number of pyridine rings is 1. The fourth-order valence-corrected chi connectivity index (χ4v) is 4.66. The van der Waals surface area contributed by atoms with Crippen LogP contribution >= 0.6 is 0 Å². The molecule has 40 heavy (non-hydrogen) atoms. The quantitative estimate of drug-likeness (QED) is 0.316. The van der Waals surface area contributed by atoms with Crippen LogP contribution in [0.2, 0.25) is 0 Å². The van der Waals surface area contributed by atoms with Gasteiger partial charge in [0.15, 0.2) is 11.6 Å². The van der Waals surface area contributed by atoms with Gasteiger partial charge in [-0.1, -0.05) is 47.5 Å². The summed E-state index contributed by atoms with van der Waals surface area (Å²) in [5.74, 6) is -1.35. The summed E-state index contributed by atoms with van der Waals surface area (Å²) < 4.78 is 34.8. The Kier molecular flexibility index (Phi) is 6.99. The minimum atomic E-state index is -0.711. The summed E-state index contributed by atoms with van der Waals surface area (Å²) in [7, 11) is 1.24. The monoisotopic (exact) mass is 544 g/mol. The van der Waals surface area contributed by atoms with Gasteiger partial charge in [0.1, 0.15) is 22.8 Å². The molecule has 0 atom stereocenters. The summed E-state index contributed by atoms with van der Waals surface area (Å²) in [4.78, 5) is 26.9. The van der Waals surface area contributed by atoms with Crippen molar-refractivity contribution < 1.29 is 18.3 Å². The van der Waals surface area contributed by atoms with Gasteiger partial charge in [-0.05, 0) is 31.0 Å². The van der Waals surface area contributed by atoms with Gasteiger partial charge in [0.05, 0.1) is 31.1 Å². The number of benzene rings is 2. The number of hydrogen-bond acceptors (Lipinski definition) is 8. The van der Waals surface area contributed by atoms with Crippen LogP contribution < -0.4 is 16.4 Å². The molecule has 0 aliphatic rings. The van der Waals surface area contributed by atoms with Crippen LogP contribution in [-0.2, 0) is 17.7 Å². The number of aromatic nitrogens is 5. The second kappa shape index (κ2) is 10.6. The highest BCUT2D eigenvalue weighted by atomic mass is 19.1. The van der Waals surface area contributed by atoms with Crippen molar-refractivity contribution in [2.45, 2.75) is 26.8 Å². The van der Waals surface area contributed by atoms with Crippen LogP contribution in [0.5, 0.6) is 0 Å². The summed E-state index contributed by atoms with van der Waals surface area (Å²) in [6.45, 7) is 4.00. The number of carbonyl (C=O) groups is 1. The van der Waals surface area contributed by atoms with E-state index in [1.54, 1.807) is 18.2 Å². The average molecular weight is 545 g/mol. The first kappa shape index (κ1) is 26.5. The summed E-state index contributed by atoms with van der Waals surface area (Å²) >= 11 is 0. The zero-order chi connectivity index (χ0) is 28.6. The molecule has 0 saturated heterocycles. The number of ether oxygens (including phenoxy) is 1. The van der Waals surface area contributed by atoms with Crippen LogP contribution in [0.3, 0.4) is 0 Å². The molecule has 0 spiro atoms. The number of carbonyl (C=O) groups excluding carboxylic acids is 1. The Morgan fingerprint density at radius 1 is 1.02 bits per heavy atom. The number of nitrogen functional groups attached to an aromatic ring is 2. The molecular formula is C28H26F2N8O2. The van der Waals surface area contributed by atoms with Crippen molar-refractivity contribution in [3.63, 3.8) is 0 Å². The lowest BCUT2D eigenvalue weighted by atomic mass is 10.1. The van der Waals surface area contributed by atoms with E-state index >= 15 is 0 Å². The smallest absolute Gasteiger partial charge is 0.414 e. The Labute approximate surface area is 228 Å². The second-order valence-corrected chi connectivity index (χ2v) is 9.34. The van der Waals surface area contributed by atoms with E-state index in [0.29, 0.717) is 16.8 Å². The molecule has 4 N–H and O–H groups in total. The number of hydrogen-bond donors (Lipinski definition) is 2. The largest absolute Gasteiger partial charge is 0.452 e. The first-order valence-corrected chi connectivity index (χ1v) is 12.3. The molecule has 10 nitrogen and oxygen atoms in total. The third-order valence-electron chi connectivity index (χ3n) is 6.27. The molecule has 5 rings (SSSR count). The van der Waals surface area contributed by atoms with Gasteiger partial charge in [-0.25, -0.2) is 18.6 Å². The van der Waals surface area contributed by atoms with Crippen LogP contribution in [0, 0.1) is 25.5 Å². The molecule has 1 amide bonds. The molecule has 0 radical (unpaired) electrons. The molecule has 204 valence electrons. The number of fused-ring (bicyclic) bond motifs is 1. The summed E-state index contributed by atoms with van der Waals surface area (Å²) in [6, 6.07) is 13.3. The van der Waals surface area contributed by atoms with Crippen molar-refractivity contribution in [2.24, 2.45) is 0 Å². The molecule has 3 aromatic heterocycles. The standard InChI is InChI=1S/C28H26F2N8O2/c1-15-8-16(2)10-17(9-15)14-37(28(39)40-3)24-25(31)34-27(35-26(24)32)38-22-12-19(29)13-33-23(22)21(36-38)11-18-6-4-5-7-20(18)30/h4-10,12-13H,11,14H2,1-3H3,(H4,31,32,34,35). The number of methoxy groups -OCH3 is 1. The highest BCUT2D eigenvalue weighted by Gasteiger charge is 2.26. The maximum atomic E-state index is 14.4. The lowest BCUT2D eigenvalue weighted by Crippen LogP contribution is -2.32. The van der Waals surface area contributed by atoms with Crippen LogP contribution in [0.4, 0.5) is 30.9 Å². The van der Waals surface area contributed by atoms with E-state index in [9.17, 15) is 13.6 Å². The van der Waals surface area contributed by atoms with Gasteiger partial charge in [-0.2, -0.15) is 19.7 Å². The van der Waals surface area contributed by atoms with Gasteiger partial charge >= 0.3 is 6.09 Å². The minimum Gasteiger partial charge on any atom is -0.452 e. The van der Waals surface area contributed by atoms with Gasteiger partial charge < -0.3 is 16.2 Å². The number of aryl methyl sites for hydroxylation is 2. The molecule has 0 saturated carbocycles. The van der Waals surface area contributed by atoms with Gasteiger partial charge in [-0.3, -0.25) is 4.90 Å². The van der Waals surface area contributed by atoms with Crippen molar-refractivity contribution in [3.8, 4) is 5.95 Å². The van der Waals surface area contributed by atoms with Crippen molar-refractivity contribution in [1.29, 1.82) is 0 Å². The third-order valence-corrected chi connectivity index (χ3v) is 6.27. The van der Waals surface area contributed by atoms with Gasteiger partial charge in [0, 0.05) is 12.5 Å². The molecule has 12 heteroatoms. The van der Waals surface area contributed by atoms with Crippen molar-refractivity contribution in [2.75, 3.05) is 23.5 Å². The Balaban J connectivity index is 1.59. The van der Waals surface area contributed by atoms with Crippen molar-refractivity contribution in [1.82, 2.24) is 24.7 Å². The maximum absolute atomic E-state index is 14.4. The molecule has 0 unspecified atom stereocenters. The number of anilines is 3. The van der Waals surface area contributed by atoms with Crippen molar-refractivity contribution in [3.05, 3.63) is 94.3 Å². The molecule has 3 heterocycles. The summed E-state index contributed by atoms with van der Waals surface area (Å²) in [5, 5.41) is 4.51. The summed E-state index contributed by atoms with van der Waals surface area (Å²) in [5.41, 5.74) is 16.9. The third kappa shape index (κ3) is 5.10. The second-order valence-electron chi connectivity index (χ2n) is 9.34. The first-order chi connectivity index (χ1) is 19.1. The van der Waals surface area contributed by atoms with Crippen LogP contribution in [0.1, 0.15) is 27.9 Å². The Hall–Kier alpha value is -5.13. The lowest BCUT2D eigenvalue weighted by molar-refractivity contribution is 0.178. The van der Waals surface area contributed by atoms with E-state index in [-0.39, 0.29) is 41.8 Å². The highest BCUT2D eigenvalue weighted by molar-refractivity contribution is 5.95. The number of nitrogens with zero attached hydrogens (tertiary/aromatic N) is 6.